The highest BCUT2D eigenvalue weighted by atomic mass is 16.2. The monoisotopic (exact) mass is 268 g/mol. The van der Waals surface area contributed by atoms with Crippen LogP contribution in [-0.2, 0) is 4.79 Å². The molecule has 19 heavy (non-hydrogen) atoms. The number of hydrogen-bond acceptors (Lipinski definition) is 4. The molecule has 0 aliphatic carbocycles. The van der Waals surface area contributed by atoms with Crippen LogP contribution >= 0.6 is 0 Å². The number of piperazine rings is 1. The van der Waals surface area contributed by atoms with Crippen molar-refractivity contribution in [2.45, 2.75) is 25.3 Å². The van der Waals surface area contributed by atoms with Crippen molar-refractivity contribution in [3.63, 3.8) is 0 Å². The molecule has 0 atom stereocenters. The average molecular weight is 268 g/mol. The van der Waals surface area contributed by atoms with Crippen molar-refractivity contribution in [1.82, 2.24) is 20.0 Å². The molecule has 0 aromatic rings. The molecule has 1 N–H and O–H groups in total. The number of nitrogens with zero attached hydrogens (tertiary/aromatic N) is 3. The number of hydrogen-bond donors (Lipinski definition) is 1. The molecule has 0 bridgehead atoms. The van der Waals surface area contributed by atoms with Crippen molar-refractivity contribution in [3.8, 4) is 0 Å². The molecule has 0 aromatic heterocycles. The highest BCUT2D eigenvalue weighted by Crippen LogP contribution is 2.11. The Morgan fingerprint density at radius 2 is 1.74 bits per heavy atom. The molecule has 2 aliphatic heterocycles. The fraction of sp³-hybridized carbons (Fsp3) is 0.929. The molecule has 2 heterocycles. The Labute approximate surface area is 116 Å². The molecule has 0 radical (unpaired) electrons. The van der Waals surface area contributed by atoms with Gasteiger partial charge in [0.1, 0.15) is 0 Å². The van der Waals surface area contributed by atoms with E-state index in [1.54, 1.807) is 0 Å². The minimum atomic E-state index is 0.341. The van der Waals surface area contributed by atoms with Crippen LogP contribution in [0.25, 0.3) is 0 Å². The highest BCUT2D eigenvalue weighted by molar-refractivity contribution is 5.76. The molecule has 0 unspecified atom stereocenters. The molecule has 0 saturated carbocycles. The number of carbonyl (C=O) groups excluding carboxylic acids is 1. The van der Waals surface area contributed by atoms with E-state index in [1.165, 1.54) is 0 Å². The Hall–Kier alpha value is -0.650. The summed E-state index contributed by atoms with van der Waals surface area (Å²) in [4.78, 5) is 19.0. The molecule has 5 nitrogen and oxygen atoms in total. The predicted molar refractivity (Wildman–Crippen MR) is 77.2 cm³/mol. The minimum Gasteiger partial charge on any atom is -0.343 e. The molecule has 2 rings (SSSR count). The number of carbonyl (C=O) groups is 1. The Morgan fingerprint density at radius 3 is 2.32 bits per heavy atom. The zero-order valence-electron chi connectivity index (χ0n) is 12.4. The van der Waals surface area contributed by atoms with Crippen LogP contribution in [0.2, 0.25) is 0 Å². The van der Waals surface area contributed by atoms with Crippen molar-refractivity contribution >= 4 is 5.91 Å². The van der Waals surface area contributed by atoms with E-state index in [1.807, 2.05) is 11.9 Å². The standard InChI is InChI=1S/C14H28N4O/c1-15-13-3-7-18(8-4-13)14(19)5-6-17-11-9-16(2)10-12-17/h13,15H,3-12H2,1-2H3. The first-order valence-electron chi connectivity index (χ1n) is 7.55. The van der Waals surface area contributed by atoms with Crippen LogP contribution in [0.4, 0.5) is 0 Å². The summed E-state index contributed by atoms with van der Waals surface area (Å²) < 4.78 is 0. The molecule has 1 amide bonds. The summed E-state index contributed by atoms with van der Waals surface area (Å²) >= 11 is 0. The van der Waals surface area contributed by atoms with Gasteiger partial charge in [-0.05, 0) is 26.9 Å². The van der Waals surface area contributed by atoms with Crippen molar-refractivity contribution in [3.05, 3.63) is 0 Å². The number of amides is 1. The molecule has 2 aliphatic rings. The lowest BCUT2D eigenvalue weighted by Gasteiger charge is -2.34. The van der Waals surface area contributed by atoms with Gasteiger partial charge in [-0.15, -0.1) is 0 Å². The van der Waals surface area contributed by atoms with Crippen LogP contribution in [0.5, 0.6) is 0 Å². The maximum atomic E-state index is 12.2. The summed E-state index contributed by atoms with van der Waals surface area (Å²) in [5, 5.41) is 3.30. The maximum Gasteiger partial charge on any atom is 0.223 e. The summed E-state index contributed by atoms with van der Waals surface area (Å²) in [5.74, 6) is 0.341. The van der Waals surface area contributed by atoms with Gasteiger partial charge in [0.05, 0.1) is 0 Å². The van der Waals surface area contributed by atoms with Crippen molar-refractivity contribution < 1.29 is 4.79 Å². The van der Waals surface area contributed by atoms with Gasteiger partial charge in [-0.3, -0.25) is 4.79 Å². The summed E-state index contributed by atoms with van der Waals surface area (Å²) in [6, 6.07) is 0.599. The minimum absolute atomic E-state index is 0.341. The van der Waals surface area contributed by atoms with Crippen molar-refractivity contribution in [2.24, 2.45) is 0 Å². The van der Waals surface area contributed by atoms with E-state index in [0.717, 1.165) is 58.7 Å². The van der Waals surface area contributed by atoms with Crippen LogP contribution < -0.4 is 5.32 Å². The largest absolute Gasteiger partial charge is 0.343 e. The molecule has 2 fully saturated rings. The first kappa shape index (κ1) is 14.8. The molecular weight excluding hydrogens is 240 g/mol. The zero-order chi connectivity index (χ0) is 13.7. The molecule has 110 valence electrons. The zero-order valence-corrected chi connectivity index (χ0v) is 12.4. The van der Waals surface area contributed by atoms with E-state index >= 15 is 0 Å². The van der Waals surface area contributed by atoms with Crippen molar-refractivity contribution in [1.29, 1.82) is 0 Å². The Morgan fingerprint density at radius 1 is 1.11 bits per heavy atom. The third kappa shape index (κ3) is 4.44. The number of piperidine rings is 1. The smallest absolute Gasteiger partial charge is 0.223 e. The van der Waals surface area contributed by atoms with E-state index in [9.17, 15) is 4.79 Å². The van der Waals surface area contributed by atoms with Gasteiger partial charge in [0.15, 0.2) is 0 Å². The Bertz CT molecular complexity index is 281. The Kier molecular flexibility index (Phi) is 5.60. The van der Waals surface area contributed by atoms with E-state index in [-0.39, 0.29) is 0 Å². The van der Waals surface area contributed by atoms with E-state index in [2.05, 4.69) is 22.2 Å². The predicted octanol–water partition coefficient (Wildman–Crippen LogP) is -0.166. The van der Waals surface area contributed by atoms with Crippen LogP contribution in [0.1, 0.15) is 19.3 Å². The second-order valence-corrected chi connectivity index (χ2v) is 5.84. The number of likely N-dealkylation sites (N-methyl/N-ethyl adjacent to an activating group) is 1. The van der Waals surface area contributed by atoms with E-state index in [4.69, 9.17) is 0 Å². The van der Waals surface area contributed by atoms with Gasteiger partial charge >= 0.3 is 0 Å². The second-order valence-electron chi connectivity index (χ2n) is 5.84. The van der Waals surface area contributed by atoms with Crippen LogP contribution in [0.3, 0.4) is 0 Å². The van der Waals surface area contributed by atoms with Crippen molar-refractivity contribution in [2.75, 3.05) is 59.9 Å². The van der Waals surface area contributed by atoms with Crippen LogP contribution in [0.15, 0.2) is 0 Å². The van der Waals surface area contributed by atoms with Gasteiger partial charge in [-0.1, -0.05) is 0 Å². The highest BCUT2D eigenvalue weighted by Gasteiger charge is 2.22. The summed E-state index contributed by atoms with van der Waals surface area (Å²) in [6.45, 7) is 7.24. The molecule has 5 heteroatoms. The van der Waals surface area contributed by atoms with Crippen LogP contribution in [-0.4, -0.2) is 86.6 Å². The van der Waals surface area contributed by atoms with Gasteiger partial charge in [-0.2, -0.15) is 0 Å². The maximum absolute atomic E-state index is 12.2. The molecule has 0 spiro atoms. The van der Waals surface area contributed by atoms with E-state index < -0.39 is 0 Å². The quantitative estimate of drug-likeness (QED) is 0.769. The number of rotatable bonds is 4. The lowest BCUT2D eigenvalue weighted by molar-refractivity contribution is -0.132. The normalized spacial score (nSPS) is 23.8. The summed E-state index contributed by atoms with van der Waals surface area (Å²) in [6.07, 6.45) is 2.88. The number of likely N-dealkylation sites (tertiary alicyclic amines) is 1. The SMILES string of the molecule is CNC1CCN(C(=O)CCN2CCN(C)CC2)CC1. The van der Waals surface area contributed by atoms with Gasteiger partial charge < -0.3 is 20.0 Å². The average Bonchev–Trinajstić information content (AvgIpc) is 2.46. The lowest BCUT2D eigenvalue weighted by atomic mass is 10.1. The number of nitrogens with one attached hydrogen (secondary N) is 1. The van der Waals surface area contributed by atoms with Gasteiger partial charge in [-0.25, -0.2) is 0 Å². The first-order valence-corrected chi connectivity index (χ1v) is 7.55. The van der Waals surface area contributed by atoms with Gasteiger partial charge in [0.2, 0.25) is 5.91 Å². The fourth-order valence-electron chi connectivity index (χ4n) is 2.90. The first-order chi connectivity index (χ1) is 9.19. The molecule has 0 aromatic carbocycles. The molecular formula is C14H28N4O. The fourth-order valence-corrected chi connectivity index (χ4v) is 2.90. The second kappa shape index (κ2) is 7.22. The topological polar surface area (TPSA) is 38.8 Å². The lowest BCUT2D eigenvalue weighted by Crippen LogP contribution is -2.47. The van der Waals surface area contributed by atoms with Gasteiger partial charge in [0, 0.05) is 58.3 Å². The third-order valence-electron chi connectivity index (χ3n) is 4.49. The van der Waals surface area contributed by atoms with Crippen LogP contribution in [0, 0.1) is 0 Å². The summed E-state index contributed by atoms with van der Waals surface area (Å²) in [7, 11) is 4.17. The summed E-state index contributed by atoms with van der Waals surface area (Å²) in [5.41, 5.74) is 0. The molecule has 2 saturated heterocycles. The van der Waals surface area contributed by atoms with E-state index in [0.29, 0.717) is 18.4 Å². The third-order valence-corrected chi connectivity index (χ3v) is 4.49. The van der Waals surface area contributed by atoms with Gasteiger partial charge in [0.25, 0.3) is 0 Å². The Balaban J connectivity index is 1.64.